The van der Waals surface area contributed by atoms with Crippen molar-refractivity contribution in [1.29, 1.82) is 0 Å². The van der Waals surface area contributed by atoms with Crippen LogP contribution >= 0.6 is 0 Å². The van der Waals surface area contributed by atoms with E-state index in [1.165, 1.54) is 6.33 Å². The van der Waals surface area contributed by atoms with E-state index < -0.39 is 0 Å². The fourth-order valence-corrected chi connectivity index (χ4v) is 2.91. The Morgan fingerprint density at radius 1 is 1.36 bits per heavy atom. The van der Waals surface area contributed by atoms with Crippen LogP contribution in [0.25, 0.3) is 0 Å². The van der Waals surface area contributed by atoms with E-state index in [1.807, 2.05) is 29.2 Å². The normalized spacial score (nSPS) is 18.4. The molecule has 1 aliphatic rings. The van der Waals surface area contributed by atoms with Crippen LogP contribution in [0.5, 0.6) is 0 Å². The number of nitrogens with one attached hydrogen (secondary N) is 1. The van der Waals surface area contributed by atoms with Gasteiger partial charge in [0.2, 0.25) is 0 Å². The number of piperidine rings is 1. The number of hydrogen-bond acceptors (Lipinski definition) is 4. The zero-order valence-electron chi connectivity index (χ0n) is 12.7. The topological polar surface area (TPSA) is 71.1 Å². The fourth-order valence-electron chi connectivity index (χ4n) is 2.91. The van der Waals surface area contributed by atoms with Crippen molar-refractivity contribution >= 4 is 5.91 Å². The van der Waals surface area contributed by atoms with E-state index >= 15 is 0 Å². The second-order valence-electron chi connectivity index (χ2n) is 5.51. The van der Waals surface area contributed by atoms with Crippen LogP contribution in [0.3, 0.4) is 0 Å². The SMILES string of the molecule is COCc1ccc(C(=O)N2CCCC[C@H]2c2ncn[nH]2)cc1. The van der Waals surface area contributed by atoms with Crippen LogP contribution in [0.1, 0.15) is 47.1 Å². The summed E-state index contributed by atoms with van der Waals surface area (Å²) in [7, 11) is 1.66. The second kappa shape index (κ2) is 6.70. The van der Waals surface area contributed by atoms with Crippen molar-refractivity contribution in [2.75, 3.05) is 13.7 Å². The zero-order chi connectivity index (χ0) is 15.4. The molecule has 0 bridgehead atoms. The summed E-state index contributed by atoms with van der Waals surface area (Å²) in [6.07, 6.45) is 4.54. The molecule has 2 heterocycles. The molecule has 1 N–H and O–H groups in total. The smallest absolute Gasteiger partial charge is 0.254 e. The van der Waals surface area contributed by atoms with Gasteiger partial charge in [0.15, 0.2) is 0 Å². The van der Waals surface area contributed by atoms with Gasteiger partial charge in [-0.25, -0.2) is 4.98 Å². The number of nitrogens with zero attached hydrogens (tertiary/aromatic N) is 3. The maximum absolute atomic E-state index is 12.8. The molecule has 1 aromatic heterocycles. The number of aromatic nitrogens is 3. The molecule has 0 radical (unpaired) electrons. The van der Waals surface area contributed by atoms with Crippen LogP contribution in [0, 0.1) is 0 Å². The Kier molecular flexibility index (Phi) is 4.48. The molecule has 1 aromatic carbocycles. The highest BCUT2D eigenvalue weighted by Crippen LogP contribution is 2.29. The highest BCUT2D eigenvalue weighted by molar-refractivity contribution is 5.94. The van der Waals surface area contributed by atoms with Gasteiger partial charge in [0.25, 0.3) is 5.91 Å². The molecule has 0 spiro atoms. The minimum absolute atomic E-state index is 0.0117. The van der Waals surface area contributed by atoms with Crippen molar-refractivity contribution in [3.8, 4) is 0 Å². The molecule has 22 heavy (non-hydrogen) atoms. The van der Waals surface area contributed by atoms with Crippen LogP contribution in [-0.4, -0.2) is 39.6 Å². The van der Waals surface area contributed by atoms with Gasteiger partial charge in [-0.1, -0.05) is 12.1 Å². The average Bonchev–Trinajstić information content (AvgIpc) is 3.10. The van der Waals surface area contributed by atoms with Crippen molar-refractivity contribution in [2.24, 2.45) is 0 Å². The molecule has 0 saturated carbocycles. The summed E-state index contributed by atoms with van der Waals surface area (Å²) in [6.45, 7) is 1.31. The third kappa shape index (κ3) is 3.01. The van der Waals surface area contributed by atoms with Gasteiger partial charge in [-0.3, -0.25) is 9.89 Å². The largest absolute Gasteiger partial charge is 0.380 e. The van der Waals surface area contributed by atoms with Crippen molar-refractivity contribution in [3.05, 3.63) is 47.5 Å². The number of ether oxygens (including phenoxy) is 1. The van der Waals surface area contributed by atoms with E-state index in [1.54, 1.807) is 7.11 Å². The molecule has 1 fully saturated rings. The van der Waals surface area contributed by atoms with E-state index in [0.29, 0.717) is 12.2 Å². The number of aromatic amines is 1. The number of amides is 1. The Morgan fingerprint density at radius 3 is 2.86 bits per heavy atom. The Labute approximate surface area is 129 Å². The minimum atomic E-state index is -0.0117. The van der Waals surface area contributed by atoms with E-state index in [0.717, 1.165) is 37.2 Å². The zero-order valence-corrected chi connectivity index (χ0v) is 12.7. The number of hydrogen-bond donors (Lipinski definition) is 1. The lowest BCUT2D eigenvalue weighted by atomic mass is 10.00. The first-order chi connectivity index (χ1) is 10.8. The molecule has 1 aliphatic heterocycles. The van der Waals surface area contributed by atoms with Gasteiger partial charge >= 0.3 is 0 Å². The van der Waals surface area contributed by atoms with Crippen molar-refractivity contribution in [2.45, 2.75) is 31.9 Å². The highest BCUT2D eigenvalue weighted by Gasteiger charge is 2.30. The highest BCUT2D eigenvalue weighted by atomic mass is 16.5. The molecule has 116 valence electrons. The van der Waals surface area contributed by atoms with Crippen LogP contribution < -0.4 is 0 Å². The average molecular weight is 300 g/mol. The number of likely N-dealkylation sites (tertiary alicyclic amines) is 1. The third-order valence-electron chi connectivity index (χ3n) is 4.02. The Balaban J connectivity index is 1.79. The van der Waals surface area contributed by atoms with E-state index in [-0.39, 0.29) is 11.9 Å². The Bertz CT molecular complexity index is 610. The monoisotopic (exact) mass is 300 g/mol. The Hall–Kier alpha value is -2.21. The van der Waals surface area contributed by atoms with Gasteiger partial charge < -0.3 is 9.64 Å². The predicted octanol–water partition coefficient (Wildman–Crippen LogP) is 2.32. The maximum Gasteiger partial charge on any atom is 0.254 e. The molecule has 1 amide bonds. The molecule has 0 unspecified atom stereocenters. The summed E-state index contributed by atoms with van der Waals surface area (Å²) >= 11 is 0. The summed E-state index contributed by atoms with van der Waals surface area (Å²) < 4.78 is 5.10. The molecular formula is C16H20N4O2. The lowest BCUT2D eigenvalue weighted by molar-refractivity contribution is 0.0600. The quantitative estimate of drug-likeness (QED) is 0.940. The molecule has 6 heteroatoms. The molecule has 3 rings (SSSR count). The summed E-state index contributed by atoms with van der Waals surface area (Å²) in [5.41, 5.74) is 1.76. The number of benzene rings is 1. The molecule has 2 aromatic rings. The molecule has 0 aliphatic carbocycles. The van der Waals surface area contributed by atoms with Gasteiger partial charge in [0.05, 0.1) is 12.6 Å². The van der Waals surface area contributed by atoms with Gasteiger partial charge in [-0.15, -0.1) is 0 Å². The van der Waals surface area contributed by atoms with Gasteiger partial charge in [0.1, 0.15) is 12.2 Å². The Morgan fingerprint density at radius 2 is 2.18 bits per heavy atom. The van der Waals surface area contributed by atoms with E-state index in [9.17, 15) is 4.79 Å². The number of carbonyl (C=O) groups is 1. The van der Waals surface area contributed by atoms with Crippen LogP contribution in [0.4, 0.5) is 0 Å². The summed E-state index contributed by atoms with van der Waals surface area (Å²) in [6, 6.07) is 7.59. The van der Waals surface area contributed by atoms with Gasteiger partial charge in [0, 0.05) is 19.2 Å². The number of carbonyl (C=O) groups excluding carboxylic acids is 1. The lowest BCUT2D eigenvalue weighted by Gasteiger charge is -2.34. The van der Waals surface area contributed by atoms with E-state index in [4.69, 9.17) is 4.74 Å². The van der Waals surface area contributed by atoms with Crippen LogP contribution in [-0.2, 0) is 11.3 Å². The van der Waals surface area contributed by atoms with Crippen molar-refractivity contribution in [3.63, 3.8) is 0 Å². The predicted molar refractivity (Wildman–Crippen MR) is 81.2 cm³/mol. The first-order valence-corrected chi connectivity index (χ1v) is 7.53. The minimum Gasteiger partial charge on any atom is -0.380 e. The summed E-state index contributed by atoms with van der Waals surface area (Å²) in [4.78, 5) is 18.9. The number of methoxy groups -OCH3 is 1. The maximum atomic E-state index is 12.8. The first kappa shape index (κ1) is 14.7. The van der Waals surface area contributed by atoms with Crippen LogP contribution in [0.15, 0.2) is 30.6 Å². The van der Waals surface area contributed by atoms with Crippen LogP contribution in [0.2, 0.25) is 0 Å². The molecule has 1 saturated heterocycles. The first-order valence-electron chi connectivity index (χ1n) is 7.53. The fraction of sp³-hybridized carbons (Fsp3) is 0.438. The molecule has 6 nitrogen and oxygen atoms in total. The van der Waals surface area contributed by atoms with E-state index in [2.05, 4.69) is 15.2 Å². The van der Waals surface area contributed by atoms with Gasteiger partial charge in [-0.05, 0) is 37.0 Å². The summed E-state index contributed by atoms with van der Waals surface area (Å²) in [5.74, 6) is 0.814. The number of rotatable bonds is 4. The standard InChI is InChI=1S/C16H20N4O2/c1-22-10-12-5-7-13(8-6-12)16(21)20-9-3-2-4-14(20)15-17-11-18-19-15/h5-8,11,14H,2-4,9-10H2,1H3,(H,17,18,19)/t14-/m0/s1. The lowest BCUT2D eigenvalue weighted by Crippen LogP contribution is -2.39. The van der Waals surface area contributed by atoms with Gasteiger partial charge in [-0.2, -0.15) is 5.10 Å². The third-order valence-corrected chi connectivity index (χ3v) is 4.02. The second-order valence-corrected chi connectivity index (χ2v) is 5.51. The number of H-pyrrole nitrogens is 1. The van der Waals surface area contributed by atoms with Crippen molar-refractivity contribution < 1.29 is 9.53 Å². The summed E-state index contributed by atoms with van der Waals surface area (Å²) in [5, 5.41) is 6.81. The molecular weight excluding hydrogens is 280 g/mol. The van der Waals surface area contributed by atoms with Crippen molar-refractivity contribution in [1.82, 2.24) is 20.1 Å². The molecule has 1 atom stereocenters.